The van der Waals surface area contributed by atoms with Crippen LogP contribution in [0.5, 0.6) is 0 Å². The van der Waals surface area contributed by atoms with Crippen LogP contribution in [0.15, 0.2) is 12.4 Å². The number of nitrogens with zero attached hydrogens (tertiary/aromatic N) is 2. The molecule has 0 spiro atoms. The van der Waals surface area contributed by atoms with Crippen molar-refractivity contribution < 1.29 is 9.47 Å². The van der Waals surface area contributed by atoms with E-state index in [1.165, 1.54) is 0 Å². The highest BCUT2D eigenvalue weighted by Gasteiger charge is 2.11. The van der Waals surface area contributed by atoms with Crippen molar-refractivity contribution in [1.82, 2.24) is 9.55 Å². The highest BCUT2D eigenvalue weighted by molar-refractivity contribution is 5.28. The molecule has 0 radical (unpaired) electrons. The van der Waals surface area contributed by atoms with Crippen molar-refractivity contribution >= 4 is 5.95 Å². The van der Waals surface area contributed by atoms with Crippen LogP contribution in [0.1, 0.15) is 19.9 Å². The summed E-state index contributed by atoms with van der Waals surface area (Å²) < 4.78 is 12.3. The van der Waals surface area contributed by atoms with E-state index >= 15 is 0 Å². The summed E-state index contributed by atoms with van der Waals surface area (Å²) in [5.74, 6) is 0.856. The molecule has 1 N–H and O–H groups in total. The molecule has 2 atom stereocenters. The summed E-state index contributed by atoms with van der Waals surface area (Å²) in [6, 6.07) is 0.505. The molecule has 0 aliphatic rings. The average molecular weight is 227 g/mol. The van der Waals surface area contributed by atoms with Gasteiger partial charge < -0.3 is 19.4 Å². The number of hydrogen-bond donors (Lipinski definition) is 1. The molecule has 5 heteroatoms. The predicted molar refractivity (Wildman–Crippen MR) is 63.8 cm³/mol. The quantitative estimate of drug-likeness (QED) is 0.767. The minimum absolute atomic E-state index is 0.237. The molecule has 0 aliphatic heterocycles. The molecule has 5 nitrogen and oxygen atoms in total. The third-order valence-corrected chi connectivity index (χ3v) is 2.34. The standard InChI is InChI=1S/C11H21N3O2/c1-9(7-15-3)13-11-12-5-6-14(11)10(2)8-16-4/h5-6,9-10H,7-8H2,1-4H3,(H,12,13). The fraction of sp³-hybridized carbons (Fsp3) is 0.727. The molecule has 0 bridgehead atoms. The number of hydrogen-bond acceptors (Lipinski definition) is 4. The number of aromatic nitrogens is 2. The van der Waals surface area contributed by atoms with Crippen molar-refractivity contribution in [2.45, 2.75) is 25.9 Å². The minimum atomic E-state index is 0.237. The van der Waals surface area contributed by atoms with E-state index in [0.29, 0.717) is 13.2 Å². The second-order valence-electron chi connectivity index (χ2n) is 3.96. The van der Waals surface area contributed by atoms with Gasteiger partial charge in [-0.15, -0.1) is 0 Å². The van der Waals surface area contributed by atoms with E-state index < -0.39 is 0 Å². The van der Waals surface area contributed by atoms with E-state index in [0.717, 1.165) is 5.95 Å². The number of ether oxygens (including phenoxy) is 2. The average Bonchev–Trinajstić information content (AvgIpc) is 2.66. The van der Waals surface area contributed by atoms with Crippen LogP contribution >= 0.6 is 0 Å². The van der Waals surface area contributed by atoms with Crippen LogP contribution in [0.3, 0.4) is 0 Å². The molecule has 1 aromatic heterocycles. The predicted octanol–water partition coefficient (Wildman–Crippen LogP) is 1.54. The Morgan fingerprint density at radius 3 is 2.62 bits per heavy atom. The van der Waals surface area contributed by atoms with Gasteiger partial charge in [0.2, 0.25) is 5.95 Å². The van der Waals surface area contributed by atoms with Gasteiger partial charge in [-0.1, -0.05) is 0 Å². The second kappa shape index (κ2) is 6.50. The maximum absolute atomic E-state index is 5.13. The molecule has 0 aliphatic carbocycles. The Bertz CT molecular complexity index is 301. The first-order valence-corrected chi connectivity index (χ1v) is 5.46. The van der Waals surface area contributed by atoms with Crippen molar-refractivity contribution in [3.05, 3.63) is 12.4 Å². The largest absolute Gasteiger partial charge is 0.383 e. The lowest BCUT2D eigenvalue weighted by molar-refractivity contribution is 0.162. The summed E-state index contributed by atoms with van der Waals surface area (Å²) in [7, 11) is 3.40. The van der Waals surface area contributed by atoms with E-state index in [-0.39, 0.29) is 12.1 Å². The molecule has 1 aromatic rings. The third-order valence-electron chi connectivity index (χ3n) is 2.34. The molecule has 0 amide bonds. The number of imidazole rings is 1. The van der Waals surface area contributed by atoms with Gasteiger partial charge >= 0.3 is 0 Å². The number of rotatable bonds is 7. The van der Waals surface area contributed by atoms with E-state index in [9.17, 15) is 0 Å². The first-order chi connectivity index (χ1) is 7.69. The monoisotopic (exact) mass is 227 g/mol. The molecular weight excluding hydrogens is 206 g/mol. The van der Waals surface area contributed by atoms with E-state index in [2.05, 4.69) is 28.7 Å². The Morgan fingerprint density at radius 2 is 2.00 bits per heavy atom. The van der Waals surface area contributed by atoms with Crippen molar-refractivity contribution in [3.8, 4) is 0 Å². The number of methoxy groups -OCH3 is 2. The minimum Gasteiger partial charge on any atom is -0.383 e. The van der Waals surface area contributed by atoms with E-state index in [4.69, 9.17) is 9.47 Å². The summed E-state index contributed by atoms with van der Waals surface area (Å²) in [6.07, 6.45) is 3.74. The zero-order valence-electron chi connectivity index (χ0n) is 10.4. The Balaban J connectivity index is 2.62. The number of nitrogens with one attached hydrogen (secondary N) is 1. The van der Waals surface area contributed by atoms with Crippen LogP contribution in [0.2, 0.25) is 0 Å². The summed E-state index contributed by atoms with van der Waals surface area (Å²) in [4.78, 5) is 4.28. The van der Waals surface area contributed by atoms with Gasteiger partial charge in [0.05, 0.1) is 19.3 Å². The summed E-state index contributed by atoms with van der Waals surface area (Å²) in [5, 5.41) is 3.30. The van der Waals surface area contributed by atoms with E-state index in [1.807, 2.05) is 6.20 Å². The second-order valence-corrected chi connectivity index (χ2v) is 3.96. The highest BCUT2D eigenvalue weighted by Crippen LogP contribution is 2.14. The Kier molecular flexibility index (Phi) is 5.28. The lowest BCUT2D eigenvalue weighted by Crippen LogP contribution is -2.24. The molecule has 16 heavy (non-hydrogen) atoms. The van der Waals surface area contributed by atoms with Crippen molar-refractivity contribution in [2.75, 3.05) is 32.8 Å². The zero-order chi connectivity index (χ0) is 12.0. The van der Waals surface area contributed by atoms with Gasteiger partial charge in [-0.05, 0) is 13.8 Å². The Hall–Kier alpha value is -1.07. The Morgan fingerprint density at radius 1 is 1.31 bits per heavy atom. The maximum atomic E-state index is 5.13. The van der Waals surface area contributed by atoms with Gasteiger partial charge in [0.25, 0.3) is 0 Å². The maximum Gasteiger partial charge on any atom is 0.203 e. The van der Waals surface area contributed by atoms with Crippen molar-refractivity contribution in [1.29, 1.82) is 0 Å². The third kappa shape index (κ3) is 3.50. The normalized spacial score (nSPS) is 14.8. The van der Waals surface area contributed by atoms with Gasteiger partial charge in [0.15, 0.2) is 0 Å². The van der Waals surface area contributed by atoms with Crippen LogP contribution in [0.25, 0.3) is 0 Å². The summed E-state index contributed by atoms with van der Waals surface area (Å²) in [5.41, 5.74) is 0. The summed E-state index contributed by atoms with van der Waals surface area (Å²) in [6.45, 7) is 5.48. The lowest BCUT2D eigenvalue weighted by Gasteiger charge is -2.19. The first kappa shape index (κ1) is 13.0. The topological polar surface area (TPSA) is 48.3 Å². The van der Waals surface area contributed by atoms with Crippen LogP contribution in [-0.4, -0.2) is 43.0 Å². The fourth-order valence-corrected chi connectivity index (χ4v) is 1.61. The SMILES string of the molecule is COCC(C)Nc1nccn1C(C)COC. The van der Waals surface area contributed by atoms with Gasteiger partial charge in [-0.3, -0.25) is 0 Å². The summed E-state index contributed by atoms with van der Waals surface area (Å²) >= 11 is 0. The molecule has 0 saturated carbocycles. The molecular formula is C11H21N3O2. The Labute approximate surface area is 96.8 Å². The lowest BCUT2D eigenvalue weighted by atomic mass is 10.3. The smallest absolute Gasteiger partial charge is 0.203 e. The molecule has 1 heterocycles. The van der Waals surface area contributed by atoms with Crippen molar-refractivity contribution in [2.24, 2.45) is 0 Å². The van der Waals surface area contributed by atoms with Crippen LogP contribution in [-0.2, 0) is 9.47 Å². The van der Waals surface area contributed by atoms with Gasteiger partial charge in [0.1, 0.15) is 0 Å². The molecule has 0 fully saturated rings. The fourth-order valence-electron chi connectivity index (χ4n) is 1.61. The van der Waals surface area contributed by atoms with Crippen LogP contribution < -0.4 is 5.32 Å². The van der Waals surface area contributed by atoms with Gasteiger partial charge in [-0.25, -0.2) is 4.98 Å². The molecule has 2 unspecified atom stereocenters. The van der Waals surface area contributed by atoms with E-state index in [1.54, 1.807) is 20.4 Å². The first-order valence-electron chi connectivity index (χ1n) is 5.46. The highest BCUT2D eigenvalue weighted by atomic mass is 16.5. The van der Waals surface area contributed by atoms with Crippen molar-refractivity contribution in [3.63, 3.8) is 0 Å². The molecule has 0 saturated heterocycles. The van der Waals surface area contributed by atoms with Crippen LogP contribution in [0, 0.1) is 0 Å². The van der Waals surface area contributed by atoms with Crippen LogP contribution in [0.4, 0.5) is 5.95 Å². The van der Waals surface area contributed by atoms with Gasteiger partial charge in [-0.2, -0.15) is 0 Å². The molecule has 0 aromatic carbocycles. The number of anilines is 1. The van der Waals surface area contributed by atoms with Gasteiger partial charge in [0, 0.05) is 32.7 Å². The molecule has 92 valence electrons. The zero-order valence-corrected chi connectivity index (χ0v) is 10.4. The molecule has 1 rings (SSSR count).